The summed E-state index contributed by atoms with van der Waals surface area (Å²) in [6, 6.07) is 5.71. The molecule has 0 bridgehead atoms. The van der Waals surface area contributed by atoms with Gasteiger partial charge in [-0.15, -0.1) is 0 Å². The summed E-state index contributed by atoms with van der Waals surface area (Å²) in [5, 5.41) is 3.03. The molecule has 0 radical (unpaired) electrons. The van der Waals surface area contributed by atoms with Gasteiger partial charge in [0.05, 0.1) is 0 Å². The van der Waals surface area contributed by atoms with Crippen LogP contribution in [0.2, 0.25) is 0 Å². The lowest BCUT2D eigenvalue weighted by Crippen LogP contribution is -2.49. The zero-order valence-electron chi connectivity index (χ0n) is 11.5. The van der Waals surface area contributed by atoms with Gasteiger partial charge in [-0.25, -0.2) is 0 Å². The van der Waals surface area contributed by atoms with E-state index in [1.165, 1.54) is 5.56 Å². The fourth-order valence-corrected chi connectivity index (χ4v) is 1.38. The van der Waals surface area contributed by atoms with Gasteiger partial charge in [0.25, 0.3) is 5.91 Å². The number of hydrogen-bond acceptors (Lipinski definition) is 3. The summed E-state index contributed by atoms with van der Waals surface area (Å²) in [6.45, 7) is 5.70. The summed E-state index contributed by atoms with van der Waals surface area (Å²) >= 11 is 4.84. The van der Waals surface area contributed by atoms with E-state index in [-0.39, 0.29) is 5.91 Å². The normalized spacial score (nSPS) is 11.4. The largest absolute Gasteiger partial charge is 0.481 e. The number of rotatable bonds is 3. The Labute approximate surface area is 118 Å². The third kappa shape index (κ3) is 4.75. The molecule has 1 aromatic rings. The third-order valence-corrected chi connectivity index (χ3v) is 2.99. The summed E-state index contributed by atoms with van der Waals surface area (Å²) in [7, 11) is 1.66. The Morgan fingerprint density at radius 2 is 1.95 bits per heavy atom. The van der Waals surface area contributed by atoms with E-state index in [0.29, 0.717) is 10.9 Å². The molecule has 0 aliphatic heterocycles. The molecule has 0 saturated heterocycles. The topological polar surface area (TPSA) is 62.4 Å². The number of aryl methyl sites for hydroxylation is 2. The van der Waals surface area contributed by atoms with E-state index < -0.39 is 6.10 Å². The highest BCUT2D eigenvalue weighted by Gasteiger charge is 2.14. The molecule has 3 N–H and O–H groups in total. The predicted molar refractivity (Wildman–Crippen MR) is 78.9 cm³/mol. The first-order chi connectivity index (χ1) is 8.93. The fourth-order valence-electron chi connectivity index (χ4n) is 1.33. The van der Waals surface area contributed by atoms with Gasteiger partial charge in [-0.1, -0.05) is 6.07 Å². The Balaban J connectivity index is 2.53. The maximum Gasteiger partial charge on any atom is 0.279 e. The van der Waals surface area contributed by atoms with Crippen molar-refractivity contribution in [3.63, 3.8) is 0 Å². The quantitative estimate of drug-likeness (QED) is 0.574. The van der Waals surface area contributed by atoms with Crippen LogP contribution in [0.15, 0.2) is 18.2 Å². The van der Waals surface area contributed by atoms with Gasteiger partial charge >= 0.3 is 0 Å². The first-order valence-electron chi connectivity index (χ1n) is 5.95. The molecular weight excluding hydrogens is 262 g/mol. The van der Waals surface area contributed by atoms with E-state index in [0.717, 1.165) is 5.56 Å². The summed E-state index contributed by atoms with van der Waals surface area (Å²) in [4.78, 5) is 11.7. The number of ether oxygens (including phenoxy) is 1. The van der Waals surface area contributed by atoms with Gasteiger partial charge in [-0.05, 0) is 56.2 Å². The highest BCUT2D eigenvalue weighted by Crippen LogP contribution is 2.17. The average molecular weight is 281 g/mol. The molecule has 19 heavy (non-hydrogen) atoms. The van der Waals surface area contributed by atoms with Crippen molar-refractivity contribution in [1.29, 1.82) is 0 Å². The molecule has 1 aromatic carbocycles. The zero-order chi connectivity index (χ0) is 14.4. The number of amides is 1. The van der Waals surface area contributed by atoms with Gasteiger partial charge in [0, 0.05) is 7.05 Å². The molecule has 0 saturated carbocycles. The number of nitrogens with one attached hydrogen (secondary N) is 3. The van der Waals surface area contributed by atoms with Crippen molar-refractivity contribution < 1.29 is 9.53 Å². The first-order valence-corrected chi connectivity index (χ1v) is 6.36. The fraction of sp³-hybridized carbons (Fsp3) is 0.385. The van der Waals surface area contributed by atoms with Crippen molar-refractivity contribution in [2.24, 2.45) is 0 Å². The van der Waals surface area contributed by atoms with Gasteiger partial charge < -0.3 is 10.1 Å². The molecule has 0 spiro atoms. The highest BCUT2D eigenvalue weighted by atomic mass is 32.1. The smallest absolute Gasteiger partial charge is 0.279 e. The summed E-state index contributed by atoms with van der Waals surface area (Å²) in [6.07, 6.45) is -0.616. The number of hydrazine groups is 1. The van der Waals surface area contributed by atoms with Crippen LogP contribution in [0, 0.1) is 13.8 Å². The van der Waals surface area contributed by atoms with Gasteiger partial charge in [-0.2, -0.15) is 0 Å². The molecule has 0 fully saturated rings. The van der Waals surface area contributed by atoms with Gasteiger partial charge in [0.15, 0.2) is 11.2 Å². The molecule has 0 heterocycles. The van der Waals surface area contributed by atoms with Crippen LogP contribution in [0.4, 0.5) is 0 Å². The molecule has 0 aliphatic rings. The van der Waals surface area contributed by atoms with Crippen LogP contribution in [0.5, 0.6) is 5.75 Å². The molecule has 5 nitrogen and oxygen atoms in total. The van der Waals surface area contributed by atoms with Crippen LogP contribution in [-0.2, 0) is 4.79 Å². The molecule has 0 aliphatic carbocycles. The molecule has 0 aromatic heterocycles. The van der Waals surface area contributed by atoms with E-state index in [9.17, 15) is 4.79 Å². The first kappa shape index (κ1) is 15.2. The number of carbonyl (C=O) groups excluding carboxylic acids is 1. The van der Waals surface area contributed by atoms with Crippen LogP contribution in [0.25, 0.3) is 0 Å². The summed E-state index contributed by atoms with van der Waals surface area (Å²) < 4.78 is 5.56. The predicted octanol–water partition coefficient (Wildman–Crippen LogP) is 1.20. The Morgan fingerprint density at radius 3 is 2.53 bits per heavy atom. The third-order valence-electron chi connectivity index (χ3n) is 2.69. The molecule has 104 valence electrons. The minimum atomic E-state index is -0.616. The molecule has 1 rings (SSSR count). The van der Waals surface area contributed by atoms with Gasteiger partial charge in [-0.3, -0.25) is 15.6 Å². The Hall–Kier alpha value is -1.82. The molecule has 1 atom stereocenters. The Morgan fingerprint density at radius 1 is 1.26 bits per heavy atom. The van der Waals surface area contributed by atoms with Crippen molar-refractivity contribution in [2.75, 3.05) is 7.05 Å². The van der Waals surface area contributed by atoms with E-state index in [4.69, 9.17) is 17.0 Å². The second kappa shape index (κ2) is 6.94. The monoisotopic (exact) mass is 281 g/mol. The number of hydrogen-bond donors (Lipinski definition) is 3. The van der Waals surface area contributed by atoms with Crippen molar-refractivity contribution in [3.8, 4) is 5.75 Å². The van der Waals surface area contributed by atoms with E-state index in [1.54, 1.807) is 14.0 Å². The summed E-state index contributed by atoms with van der Waals surface area (Å²) in [5.74, 6) is 0.373. The Kier molecular flexibility index (Phi) is 5.57. The van der Waals surface area contributed by atoms with Crippen molar-refractivity contribution >= 4 is 23.2 Å². The lowest BCUT2D eigenvalue weighted by molar-refractivity contribution is -0.127. The second-order valence-electron chi connectivity index (χ2n) is 4.20. The SMILES string of the molecule is CNC(=S)NNC(=O)[C@@H](C)Oc1ccc(C)c(C)c1. The molecule has 6 heteroatoms. The lowest BCUT2D eigenvalue weighted by atomic mass is 10.1. The average Bonchev–Trinajstić information content (AvgIpc) is 2.39. The second-order valence-corrected chi connectivity index (χ2v) is 4.61. The van der Waals surface area contributed by atoms with E-state index >= 15 is 0 Å². The van der Waals surface area contributed by atoms with Crippen LogP contribution in [0.3, 0.4) is 0 Å². The minimum Gasteiger partial charge on any atom is -0.481 e. The van der Waals surface area contributed by atoms with Crippen LogP contribution >= 0.6 is 12.2 Å². The minimum absolute atomic E-state index is 0.296. The van der Waals surface area contributed by atoms with Gasteiger partial charge in [0.1, 0.15) is 5.75 Å². The number of benzene rings is 1. The van der Waals surface area contributed by atoms with Crippen LogP contribution in [0.1, 0.15) is 18.1 Å². The Bertz CT molecular complexity index is 477. The molecule has 1 amide bonds. The van der Waals surface area contributed by atoms with E-state index in [2.05, 4.69) is 16.2 Å². The zero-order valence-corrected chi connectivity index (χ0v) is 12.4. The van der Waals surface area contributed by atoms with Crippen molar-refractivity contribution in [1.82, 2.24) is 16.2 Å². The maximum atomic E-state index is 11.7. The maximum absolute atomic E-state index is 11.7. The number of thiocarbonyl (C=S) groups is 1. The lowest BCUT2D eigenvalue weighted by Gasteiger charge is -2.16. The van der Waals surface area contributed by atoms with Crippen molar-refractivity contribution in [2.45, 2.75) is 26.9 Å². The van der Waals surface area contributed by atoms with Gasteiger partial charge in [0.2, 0.25) is 0 Å². The van der Waals surface area contributed by atoms with Crippen LogP contribution < -0.4 is 20.9 Å². The molecule has 0 unspecified atom stereocenters. The highest BCUT2D eigenvalue weighted by molar-refractivity contribution is 7.80. The van der Waals surface area contributed by atoms with Crippen molar-refractivity contribution in [3.05, 3.63) is 29.3 Å². The standard InChI is InChI=1S/C13H19N3O2S/c1-8-5-6-11(7-9(8)2)18-10(3)12(17)15-16-13(19)14-4/h5-7,10H,1-4H3,(H,15,17)(H2,14,16,19)/t10-/m1/s1. The van der Waals surface area contributed by atoms with Crippen LogP contribution in [-0.4, -0.2) is 24.2 Å². The van der Waals surface area contributed by atoms with E-state index in [1.807, 2.05) is 32.0 Å². The molecular formula is C13H19N3O2S. The number of carbonyl (C=O) groups is 1. The summed E-state index contributed by atoms with van der Waals surface area (Å²) in [5.41, 5.74) is 7.33.